The number of aliphatic hydroxyl groups excluding tert-OH is 4. The van der Waals surface area contributed by atoms with Crippen LogP contribution < -0.4 is 5.32 Å². The van der Waals surface area contributed by atoms with Crippen molar-refractivity contribution in [2.75, 3.05) is 19.8 Å². The van der Waals surface area contributed by atoms with Gasteiger partial charge in [-0.1, -0.05) is 55.4 Å². The normalized spacial score (nSPS) is 29.4. The molecule has 5 unspecified atom stereocenters. The highest BCUT2D eigenvalue weighted by atomic mass is 16.7. The Balaban J connectivity index is 1.74. The van der Waals surface area contributed by atoms with Gasteiger partial charge in [0.15, 0.2) is 6.29 Å². The van der Waals surface area contributed by atoms with Crippen LogP contribution in [-0.4, -0.2) is 76.8 Å². The highest BCUT2D eigenvalue weighted by Gasteiger charge is 2.43. The van der Waals surface area contributed by atoms with E-state index < -0.39 is 37.3 Å². The molecule has 0 saturated carbocycles. The largest absolute Gasteiger partial charge is 0.394 e. The van der Waals surface area contributed by atoms with E-state index in [-0.39, 0.29) is 17.9 Å². The van der Waals surface area contributed by atoms with Crippen LogP contribution in [0.25, 0.3) is 0 Å². The second kappa shape index (κ2) is 14.8. The molecule has 8 heteroatoms. The Morgan fingerprint density at radius 3 is 2.54 bits per heavy atom. The third-order valence-electron chi connectivity index (χ3n) is 6.88. The predicted octanol–water partition coefficient (Wildman–Crippen LogP) is 2.84. The number of nitrogens with one attached hydrogen (secondary N) is 1. The summed E-state index contributed by atoms with van der Waals surface area (Å²) in [6, 6.07) is 0. The zero-order valence-electron chi connectivity index (χ0n) is 22.8. The molecule has 2 rings (SSSR count). The van der Waals surface area contributed by atoms with Crippen molar-refractivity contribution in [3.63, 3.8) is 0 Å². The fraction of sp³-hybridized carbons (Fsp3) is 0.621. The van der Waals surface area contributed by atoms with E-state index in [1.54, 1.807) is 0 Å². The lowest BCUT2D eigenvalue weighted by molar-refractivity contribution is -0.301. The number of carbonyl (C=O) groups is 1. The number of carbonyl (C=O) groups excluding carboxylic acids is 1. The minimum Gasteiger partial charge on any atom is -0.394 e. The van der Waals surface area contributed by atoms with Gasteiger partial charge in [-0.2, -0.15) is 0 Å². The molecule has 0 aromatic heterocycles. The van der Waals surface area contributed by atoms with Gasteiger partial charge in [-0.3, -0.25) is 4.79 Å². The summed E-state index contributed by atoms with van der Waals surface area (Å²) >= 11 is 0. The molecular formula is C29H45NO7. The summed E-state index contributed by atoms with van der Waals surface area (Å²) in [5.41, 5.74) is 5.07. The monoisotopic (exact) mass is 519 g/mol. The van der Waals surface area contributed by atoms with Crippen molar-refractivity contribution in [2.45, 2.75) is 91.0 Å². The standard InChI is InChI=1S/C29H45NO7/c1-19(12-13-22-21(3)11-7-14-29(22,4)5)9-6-10-20(2)17-24(32)30-15-8-16-36-28-27(35)26(34)25(33)23(18-31)37-28/h6,9-10,12-13,17,23,25-28,31,33-35H,7-8,11,14-16,18H2,1-5H3,(H,30,32)/b10-6+,13-12+,19-9-,20-17+. The van der Waals surface area contributed by atoms with Gasteiger partial charge in [0, 0.05) is 12.6 Å². The van der Waals surface area contributed by atoms with E-state index >= 15 is 0 Å². The Morgan fingerprint density at radius 2 is 1.86 bits per heavy atom. The maximum absolute atomic E-state index is 12.2. The van der Waals surface area contributed by atoms with Gasteiger partial charge in [-0.25, -0.2) is 0 Å². The number of allylic oxidation sites excluding steroid dienone is 9. The minimum atomic E-state index is -1.47. The summed E-state index contributed by atoms with van der Waals surface area (Å²) in [5.74, 6) is -0.225. The number of rotatable bonds is 11. The molecule has 37 heavy (non-hydrogen) atoms. The van der Waals surface area contributed by atoms with Crippen LogP contribution >= 0.6 is 0 Å². The summed E-state index contributed by atoms with van der Waals surface area (Å²) in [6.07, 6.45) is 9.32. The molecule has 1 amide bonds. The zero-order valence-corrected chi connectivity index (χ0v) is 22.8. The van der Waals surface area contributed by atoms with Gasteiger partial charge in [0.05, 0.1) is 13.2 Å². The van der Waals surface area contributed by atoms with E-state index in [2.05, 4.69) is 45.2 Å². The summed E-state index contributed by atoms with van der Waals surface area (Å²) < 4.78 is 10.7. The van der Waals surface area contributed by atoms with Crippen molar-refractivity contribution < 1.29 is 34.7 Å². The molecule has 0 spiro atoms. The molecule has 5 atom stereocenters. The van der Waals surface area contributed by atoms with Gasteiger partial charge in [-0.05, 0) is 63.0 Å². The smallest absolute Gasteiger partial charge is 0.244 e. The van der Waals surface area contributed by atoms with Crippen LogP contribution in [0.15, 0.2) is 58.7 Å². The number of aliphatic hydroxyl groups is 4. The molecule has 8 nitrogen and oxygen atoms in total. The molecule has 1 aliphatic heterocycles. The van der Waals surface area contributed by atoms with Crippen LogP contribution in [0.1, 0.15) is 60.3 Å². The Bertz CT molecular complexity index is 913. The summed E-state index contributed by atoms with van der Waals surface area (Å²) in [5, 5.41) is 41.5. The molecule has 5 N–H and O–H groups in total. The summed E-state index contributed by atoms with van der Waals surface area (Å²) in [6.45, 7) is 10.7. The van der Waals surface area contributed by atoms with E-state index in [1.165, 1.54) is 36.5 Å². The van der Waals surface area contributed by atoms with Gasteiger partial charge in [0.2, 0.25) is 5.91 Å². The van der Waals surface area contributed by atoms with E-state index in [0.717, 1.165) is 11.1 Å². The molecule has 1 saturated heterocycles. The van der Waals surface area contributed by atoms with Crippen molar-refractivity contribution in [1.29, 1.82) is 0 Å². The lowest BCUT2D eigenvalue weighted by Gasteiger charge is -2.39. The Labute approximate surface area is 221 Å². The lowest BCUT2D eigenvalue weighted by Crippen LogP contribution is -2.59. The maximum Gasteiger partial charge on any atom is 0.244 e. The van der Waals surface area contributed by atoms with Crippen LogP contribution in [0.3, 0.4) is 0 Å². The molecule has 0 aromatic carbocycles. The topological polar surface area (TPSA) is 128 Å². The van der Waals surface area contributed by atoms with Crippen molar-refractivity contribution in [2.24, 2.45) is 5.41 Å². The first-order valence-electron chi connectivity index (χ1n) is 13.1. The quantitative estimate of drug-likeness (QED) is 0.161. The number of hydrogen-bond acceptors (Lipinski definition) is 7. The van der Waals surface area contributed by atoms with Crippen LogP contribution in [0, 0.1) is 5.41 Å². The van der Waals surface area contributed by atoms with Gasteiger partial charge in [0.25, 0.3) is 0 Å². The molecule has 0 aromatic rings. The number of hydrogen-bond donors (Lipinski definition) is 5. The zero-order chi connectivity index (χ0) is 27.6. The summed E-state index contributed by atoms with van der Waals surface area (Å²) in [7, 11) is 0. The van der Waals surface area contributed by atoms with Crippen molar-refractivity contribution in [3.8, 4) is 0 Å². The van der Waals surface area contributed by atoms with Gasteiger partial charge >= 0.3 is 0 Å². The van der Waals surface area contributed by atoms with Gasteiger partial charge < -0.3 is 35.2 Å². The molecule has 2 aliphatic rings. The first-order valence-corrected chi connectivity index (χ1v) is 13.1. The molecule has 1 heterocycles. The highest BCUT2D eigenvalue weighted by Crippen LogP contribution is 2.40. The first kappa shape index (κ1) is 31.1. The lowest BCUT2D eigenvalue weighted by atomic mass is 9.72. The van der Waals surface area contributed by atoms with Gasteiger partial charge in [0.1, 0.15) is 24.4 Å². The van der Waals surface area contributed by atoms with Crippen LogP contribution in [-0.2, 0) is 14.3 Å². The second-order valence-corrected chi connectivity index (χ2v) is 10.6. The van der Waals surface area contributed by atoms with Crippen LogP contribution in [0.2, 0.25) is 0 Å². The average molecular weight is 520 g/mol. The highest BCUT2D eigenvalue weighted by molar-refractivity contribution is 5.88. The first-order chi connectivity index (χ1) is 17.5. The van der Waals surface area contributed by atoms with Crippen molar-refractivity contribution >= 4 is 5.91 Å². The average Bonchev–Trinajstić information content (AvgIpc) is 2.83. The third kappa shape index (κ3) is 9.63. The molecule has 1 aliphatic carbocycles. The Kier molecular flexibility index (Phi) is 12.4. The summed E-state index contributed by atoms with van der Waals surface area (Å²) in [4.78, 5) is 12.2. The maximum atomic E-state index is 12.2. The van der Waals surface area contributed by atoms with E-state index in [1.807, 2.05) is 25.2 Å². The fourth-order valence-electron chi connectivity index (χ4n) is 4.63. The number of ether oxygens (including phenoxy) is 2. The van der Waals surface area contributed by atoms with Crippen molar-refractivity contribution in [1.82, 2.24) is 5.32 Å². The number of amides is 1. The molecule has 0 radical (unpaired) electrons. The predicted molar refractivity (Wildman–Crippen MR) is 143 cm³/mol. The fourth-order valence-corrected chi connectivity index (χ4v) is 4.63. The van der Waals surface area contributed by atoms with Gasteiger partial charge in [-0.15, -0.1) is 0 Å². The van der Waals surface area contributed by atoms with E-state index in [4.69, 9.17) is 9.47 Å². The molecule has 0 bridgehead atoms. The third-order valence-corrected chi connectivity index (χ3v) is 6.88. The second-order valence-electron chi connectivity index (χ2n) is 10.6. The van der Waals surface area contributed by atoms with Crippen LogP contribution in [0.5, 0.6) is 0 Å². The van der Waals surface area contributed by atoms with E-state index in [0.29, 0.717) is 13.0 Å². The SMILES string of the molecule is CC1=C(/C=C/C(C)=C\C=C\C(C)=C\C(=O)NCCCOC2OC(CO)C(O)C(O)C2O)C(C)(C)CCC1. The van der Waals surface area contributed by atoms with Crippen LogP contribution in [0.4, 0.5) is 0 Å². The minimum absolute atomic E-state index is 0.150. The Morgan fingerprint density at radius 1 is 1.14 bits per heavy atom. The van der Waals surface area contributed by atoms with E-state index in [9.17, 15) is 25.2 Å². The Hall–Kier alpha value is -2.07. The molecular weight excluding hydrogens is 474 g/mol. The van der Waals surface area contributed by atoms with Crippen molar-refractivity contribution in [3.05, 3.63) is 58.7 Å². The molecule has 1 fully saturated rings. The molecule has 208 valence electrons.